The molecule has 5 nitrogen and oxygen atoms in total. The predicted molar refractivity (Wildman–Crippen MR) is 122 cm³/mol. The number of amides is 1. The second-order valence-corrected chi connectivity index (χ2v) is 7.76. The highest BCUT2D eigenvalue weighted by atomic mass is 127. The van der Waals surface area contributed by atoms with Gasteiger partial charge in [0.2, 0.25) is 0 Å². The highest BCUT2D eigenvalue weighted by Gasteiger charge is 2.11. The zero-order valence-corrected chi connectivity index (χ0v) is 17.5. The van der Waals surface area contributed by atoms with Gasteiger partial charge in [0.05, 0.1) is 16.6 Å². The number of aromatic nitrogens is 2. The molecule has 0 spiro atoms. The Kier molecular flexibility index (Phi) is 5.10. The van der Waals surface area contributed by atoms with Crippen molar-refractivity contribution in [1.82, 2.24) is 9.55 Å². The Morgan fingerprint density at radius 1 is 1.00 bits per heavy atom. The SMILES string of the molecule is O=C(Nc1ccc(I)cc1)c1ccc2c(=O)n(-c3ccccc3)c(=S)[nH]c2c1. The van der Waals surface area contributed by atoms with Gasteiger partial charge < -0.3 is 10.3 Å². The predicted octanol–water partition coefficient (Wildman–Crippen LogP) is 4.91. The van der Waals surface area contributed by atoms with Gasteiger partial charge in [0.25, 0.3) is 11.5 Å². The number of fused-ring (bicyclic) bond motifs is 1. The van der Waals surface area contributed by atoms with Crippen LogP contribution in [0.3, 0.4) is 0 Å². The van der Waals surface area contributed by atoms with Gasteiger partial charge in [0.15, 0.2) is 4.77 Å². The van der Waals surface area contributed by atoms with Crippen LogP contribution < -0.4 is 10.9 Å². The number of nitrogens with one attached hydrogen (secondary N) is 2. The molecule has 0 saturated carbocycles. The molecule has 138 valence electrons. The molecule has 4 aromatic rings. The molecule has 4 rings (SSSR count). The molecule has 0 saturated heterocycles. The molecule has 0 aliphatic rings. The van der Waals surface area contributed by atoms with Crippen LogP contribution in [0.2, 0.25) is 0 Å². The van der Waals surface area contributed by atoms with Crippen molar-refractivity contribution in [3.05, 3.63) is 97.1 Å². The number of H-pyrrole nitrogens is 1. The minimum Gasteiger partial charge on any atom is -0.331 e. The van der Waals surface area contributed by atoms with E-state index in [0.717, 1.165) is 3.57 Å². The summed E-state index contributed by atoms with van der Waals surface area (Å²) in [7, 11) is 0. The molecule has 0 radical (unpaired) electrons. The van der Waals surface area contributed by atoms with Crippen LogP contribution in [-0.4, -0.2) is 15.5 Å². The molecule has 0 unspecified atom stereocenters. The molecule has 0 bridgehead atoms. The molecule has 0 aliphatic carbocycles. The molecule has 2 N–H and O–H groups in total. The Balaban J connectivity index is 1.74. The van der Waals surface area contributed by atoms with Gasteiger partial charge in [-0.2, -0.15) is 0 Å². The third-order valence-corrected chi connectivity index (χ3v) is 5.28. The van der Waals surface area contributed by atoms with Crippen molar-refractivity contribution in [2.45, 2.75) is 0 Å². The molecule has 7 heteroatoms. The summed E-state index contributed by atoms with van der Waals surface area (Å²) < 4.78 is 2.81. The lowest BCUT2D eigenvalue weighted by molar-refractivity contribution is 0.102. The van der Waals surface area contributed by atoms with Gasteiger partial charge in [0, 0.05) is 14.8 Å². The van der Waals surface area contributed by atoms with E-state index >= 15 is 0 Å². The average molecular weight is 499 g/mol. The summed E-state index contributed by atoms with van der Waals surface area (Å²) in [6, 6.07) is 21.6. The van der Waals surface area contributed by atoms with E-state index < -0.39 is 0 Å². The summed E-state index contributed by atoms with van der Waals surface area (Å²) in [6.07, 6.45) is 0. The van der Waals surface area contributed by atoms with Gasteiger partial charge in [-0.15, -0.1) is 0 Å². The zero-order valence-electron chi connectivity index (χ0n) is 14.5. The van der Waals surface area contributed by atoms with E-state index in [1.165, 1.54) is 4.57 Å². The van der Waals surface area contributed by atoms with E-state index in [1.54, 1.807) is 18.2 Å². The van der Waals surface area contributed by atoms with E-state index in [2.05, 4.69) is 32.9 Å². The molecular formula is C21H14IN3O2S. The number of hydrogen-bond donors (Lipinski definition) is 2. The number of para-hydroxylation sites is 1. The summed E-state index contributed by atoms with van der Waals surface area (Å²) in [5, 5.41) is 3.31. The Bertz CT molecular complexity index is 1300. The number of rotatable bonds is 3. The maximum Gasteiger partial charge on any atom is 0.266 e. The summed E-state index contributed by atoms with van der Waals surface area (Å²) in [4.78, 5) is 28.6. The first-order valence-corrected chi connectivity index (χ1v) is 9.93. The first-order valence-electron chi connectivity index (χ1n) is 8.44. The summed E-state index contributed by atoms with van der Waals surface area (Å²) in [5.41, 5.74) is 2.13. The lowest BCUT2D eigenvalue weighted by atomic mass is 10.1. The van der Waals surface area contributed by atoms with Crippen molar-refractivity contribution in [1.29, 1.82) is 0 Å². The Labute approximate surface area is 179 Å². The van der Waals surface area contributed by atoms with Gasteiger partial charge >= 0.3 is 0 Å². The highest BCUT2D eigenvalue weighted by molar-refractivity contribution is 14.1. The van der Waals surface area contributed by atoms with Crippen molar-refractivity contribution in [3.63, 3.8) is 0 Å². The van der Waals surface area contributed by atoms with E-state index in [4.69, 9.17) is 12.2 Å². The van der Waals surface area contributed by atoms with Crippen molar-refractivity contribution in [3.8, 4) is 5.69 Å². The van der Waals surface area contributed by atoms with E-state index in [1.807, 2.05) is 54.6 Å². The van der Waals surface area contributed by atoms with Crippen molar-refractivity contribution >= 4 is 57.3 Å². The Hall–Kier alpha value is -2.78. The lowest BCUT2D eigenvalue weighted by Gasteiger charge is -2.10. The number of hydrogen-bond acceptors (Lipinski definition) is 3. The van der Waals surface area contributed by atoms with Crippen LogP contribution in [0, 0.1) is 8.34 Å². The molecule has 1 amide bonds. The standard InChI is InChI=1S/C21H14IN3O2S/c22-14-7-9-15(10-8-14)23-19(26)13-6-11-17-18(12-13)24-21(28)25(20(17)27)16-4-2-1-3-5-16/h1-12H,(H,23,26)(H,24,28). The summed E-state index contributed by atoms with van der Waals surface area (Å²) in [6.45, 7) is 0. The molecule has 1 aromatic heterocycles. The van der Waals surface area contributed by atoms with Crippen molar-refractivity contribution in [2.24, 2.45) is 0 Å². The van der Waals surface area contributed by atoms with Crippen LogP contribution in [0.1, 0.15) is 10.4 Å². The number of aromatic amines is 1. The number of carbonyl (C=O) groups is 1. The van der Waals surface area contributed by atoms with E-state index in [0.29, 0.717) is 27.8 Å². The molecule has 3 aromatic carbocycles. The number of nitrogens with zero attached hydrogens (tertiary/aromatic N) is 1. The molecular weight excluding hydrogens is 485 g/mol. The van der Waals surface area contributed by atoms with Crippen LogP contribution in [0.4, 0.5) is 5.69 Å². The first kappa shape index (κ1) is 18.6. The van der Waals surface area contributed by atoms with Gasteiger partial charge in [-0.3, -0.25) is 14.2 Å². The summed E-state index contributed by atoms with van der Waals surface area (Å²) in [5.74, 6) is -0.255. The second kappa shape index (κ2) is 7.69. The fourth-order valence-corrected chi connectivity index (χ4v) is 3.57. The number of halogens is 1. The fraction of sp³-hybridized carbons (Fsp3) is 0. The molecule has 28 heavy (non-hydrogen) atoms. The van der Waals surface area contributed by atoms with Crippen LogP contribution >= 0.6 is 34.8 Å². The smallest absolute Gasteiger partial charge is 0.266 e. The zero-order chi connectivity index (χ0) is 19.7. The van der Waals surface area contributed by atoms with Crippen molar-refractivity contribution < 1.29 is 4.79 Å². The van der Waals surface area contributed by atoms with Gasteiger partial charge in [-0.25, -0.2) is 0 Å². The van der Waals surface area contributed by atoms with Crippen LogP contribution in [0.25, 0.3) is 16.6 Å². The van der Waals surface area contributed by atoms with Gasteiger partial charge in [-0.05, 0) is 89.4 Å². The highest BCUT2D eigenvalue weighted by Crippen LogP contribution is 2.16. The lowest BCUT2D eigenvalue weighted by Crippen LogP contribution is -2.21. The average Bonchev–Trinajstić information content (AvgIpc) is 2.70. The van der Waals surface area contributed by atoms with Gasteiger partial charge in [-0.1, -0.05) is 18.2 Å². The molecule has 0 aliphatic heterocycles. The third kappa shape index (κ3) is 3.63. The van der Waals surface area contributed by atoms with Crippen LogP contribution in [0.15, 0.2) is 77.6 Å². The minimum absolute atomic E-state index is 0.227. The second-order valence-electron chi connectivity index (χ2n) is 6.13. The monoisotopic (exact) mass is 499 g/mol. The largest absolute Gasteiger partial charge is 0.331 e. The quantitative estimate of drug-likeness (QED) is 0.311. The number of benzene rings is 3. The molecule has 0 fully saturated rings. The van der Waals surface area contributed by atoms with Crippen LogP contribution in [-0.2, 0) is 0 Å². The number of carbonyl (C=O) groups excluding carboxylic acids is 1. The maximum atomic E-state index is 12.9. The third-order valence-electron chi connectivity index (χ3n) is 4.28. The maximum absolute atomic E-state index is 12.9. The molecule has 1 heterocycles. The van der Waals surface area contributed by atoms with Gasteiger partial charge in [0.1, 0.15) is 0 Å². The Morgan fingerprint density at radius 3 is 2.43 bits per heavy atom. The minimum atomic E-state index is -0.255. The topological polar surface area (TPSA) is 66.9 Å². The fourth-order valence-electron chi connectivity index (χ4n) is 2.91. The molecule has 0 atom stereocenters. The summed E-state index contributed by atoms with van der Waals surface area (Å²) >= 11 is 7.59. The van der Waals surface area contributed by atoms with E-state index in [9.17, 15) is 9.59 Å². The number of anilines is 1. The first-order chi connectivity index (χ1) is 13.5. The Morgan fingerprint density at radius 2 is 1.71 bits per heavy atom. The normalized spacial score (nSPS) is 10.8. The van der Waals surface area contributed by atoms with Crippen LogP contribution in [0.5, 0.6) is 0 Å². The van der Waals surface area contributed by atoms with Crippen molar-refractivity contribution in [2.75, 3.05) is 5.32 Å². The van der Waals surface area contributed by atoms with E-state index in [-0.39, 0.29) is 16.2 Å².